The molecular formula is C15H20N2OS. The predicted molar refractivity (Wildman–Crippen MR) is 81.3 cm³/mol. The summed E-state index contributed by atoms with van der Waals surface area (Å²) in [6.45, 7) is 2.32. The molecule has 3 nitrogen and oxygen atoms in total. The van der Waals surface area contributed by atoms with Crippen LogP contribution in [0.4, 0.5) is 5.13 Å². The number of hydrogen-bond acceptors (Lipinski definition) is 4. The van der Waals surface area contributed by atoms with E-state index in [2.05, 4.69) is 23.3 Å². The fourth-order valence-corrected chi connectivity index (χ4v) is 3.84. The molecule has 1 saturated carbocycles. The third-order valence-electron chi connectivity index (χ3n) is 3.96. The smallest absolute Gasteiger partial charge is 0.184 e. The largest absolute Gasteiger partial charge is 0.497 e. The Hall–Kier alpha value is -1.29. The number of nitrogens with one attached hydrogen (secondary N) is 1. The molecule has 1 aromatic carbocycles. The van der Waals surface area contributed by atoms with Gasteiger partial charge in [0.15, 0.2) is 5.13 Å². The fourth-order valence-electron chi connectivity index (χ4n) is 2.80. The van der Waals surface area contributed by atoms with Crippen LogP contribution in [0, 0.1) is 0 Å². The molecule has 1 fully saturated rings. The Labute approximate surface area is 118 Å². The molecular weight excluding hydrogens is 256 g/mol. The summed E-state index contributed by atoms with van der Waals surface area (Å²) in [6, 6.07) is 6.05. The topological polar surface area (TPSA) is 34.1 Å². The molecule has 2 aromatic rings. The lowest BCUT2D eigenvalue weighted by Gasteiger charge is -2.34. The highest BCUT2D eigenvalue weighted by atomic mass is 32.1. The van der Waals surface area contributed by atoms with Gasteiger partial charge in [-0.05, 0) is 38.0 Å². The molecule has 4 heteroatoms. The van der Waals surface area contributed by atoms with E-state index in [4.69, 9.17) is 4.74 Å². The summed E-state index contributed by atoms with van der Waals surface area (Å²) >= 11 is 1.72. The van der Waals surface area contributed by atoms with E-state index in [1.807, 2.05) is 12.1 Å². The monoisotopic (exact) mass is 276 g/mol. The minimum absolute atomic E-state index is 0.218. The normalized spacial score (nSPS) is 18.4. The number of methoxy groups -OCH3 is 1. The van der Waals surface area contributed by atoms with E-state index in [0.29, 0.717) is 0 Å². The molecule has 19 heavy (non-hydrogen) atoms. The molecule has 1 aromatic heterocycles. The Morgan fingerprint density at radius 1 is 1.26 bits per heavy atom. The van der Waals surface area contributed by atoms with Crippen LogP contribution in [0.25, 0.3) is 10.2 Å². The maximum absolute atomic E-state index is 5.26. The van der Waals surface area contributed by atoms with Crippen LogP contribution < -0.4 is 10.1 Å². The molecule has 0 atom stereocenters. The first-order chi connectivity index (χ1) is 9.18. The van der Waals surface area contributed by atoms with Crippen LogP contribution in [0.5, 0.6) is 5.75 Å². The van der Waals surface area contributed by atoms with Crippen molar-refractivity contribution in [2.45, 2.75) is 44.6 Å². The summed E-state index contributed by atoms with van der Waals surface area (Å²) in [5.41, 5.74) is 1.27. The van der Waals surface area contributed by atoms with Crippen molar-refractivity contribution in [2.24, 2.45) is 0 Å². The van der Waals surface area contributed by atoms with E-state index in [0.717, 1.165) is 16.4 Å². The summed E-state index contributed by atoms with van der Waals surface area (Å²) in [5, 5.41) is 4.69. The second-order valence-corrected chi connectivity index (χ2v) is 6.63. The third-order valence-corrected chi connectivity index (χ3v) is 4.90. The molecule has 1 aliphatic rings. The highest BCUT2D eigenvalue weighted by Crippen LogP contribution is 2.35. The number of anilines is 1. The Bertz CT molecular complexity index is 573. The fraction of sp³-hybridized carbons (Fsp3) is 0.533. The standard InChI is InChI=1S/C15H20N2OS/c1-15(8-4-3-5-9-15)17-14-16-12-7-6-11(18-2)10-13(12)19-14/h6-7,10H,3-5,8-9H2,1-2H3,(H,16,17). The number of rotatable bonds is 3. The van der Waals surface area contributed by atoms with E-state index in [9.17, 15) is 0 Å². The number of nitrogens with zero attached hydrogens (tertiary/aromatic N) is 1. The first kappa shape index (κ1) is 12.7. The molecule has 1 heterocycles. The number of hydrogen-bond donors (Lipinski definition) is 1. The molecule has 0 saturated heterocycles. The van der Waals surface area contributed by atoms with Gasteiger partial charge in [0, 0.05) is 5.54 Å². The molecule has 0 amide bonds. The first-order valence-electron chi connectivity index (χ1n) is 6.91. The van der Waals surface area contributed by atoms with Crippen molar-refractivity contribution in [3.63, 3.8) is 0 Å². The highest BCUT2D eigenvalue weighted by molar-refractivity contribution is 7.22. The van der Waals surface area contributed by atoms with Gasteiger partial charge in [-0.1, -0.05) is 30.6 Å². The van der Waals surface area contributed by atoms with Crippen molar-refractivity contribution < 1.29 is 4.74 Å². The molecule has 1 N–H and O–H groups in total. The second kappa shape index (κ2) is 5.00. The van der Waals surface area contributed by atoms with Gasteiger partial charge in [-0.2, -0.15) is 0 Å². The minimum Gasteiger partial charge on any atom is -0.497 e. The summed E-state index contributed by atoms with van der Waals surface area (Å²) in [7, 11) is 1.70. The van der Waals surface area contributed by atoms with Crippen LogP contribution in [-0.2, 0) is 0 Å². The van der Waals surface area contributed by atoms with Crippen LogP contribution in [0.2, 0.25) is 0 Å². The Kier molecular flexibility index (Phi) is 3.35. The lowest BCUT2D eigenvalue weighted by Crippen LogP contribution is -2.36. The van der Waals surface area contributed by atoms with Crippen molar-refractivity contribution in [1.29, 1.82) is 0 Å². The number of benzene rings is 1. The Morgan fingerprint density at radius 3 is 2.79 bits per heavy atom. The molecule has 0 bridgehead atoms. The van der Waals surface area contributed by atoms with Crippen molar-refractivity contribution in [3.8, 4) is 5.75 Å². The van der Waals surface area contributed by atoms with E-state index >= 15 is 0 Å². The zero-order valence-corrected chi connectivity index (χ0v) is 12.3. The zero-order valence-electron chi connectivity index (χ0n) is 11.5. The van der Waals surface area contributed by atoms with Gasteiger partial charge in [0.05, 0.1) is 17.3 Å². The number of aromatic nitrogens is 1. The highest BCUT2D eigenvalue weighted by Gasteiger charge is 2.27. The van der Waals surface area contributed by atoms with Crippen LogP contribution in [0.15, 0.2) is 18.2 Å². The SMILES string of the molecule is COc1ccc2nc(NC3(C)CCCCC3)sc2c1. The summed E-state index contributed by atoms with van der Waals surface area (Å²) in [6.07, 6.45) is 6.50. The summed E-state index contributed by atoms with van der Waals surface area (Å²) in [4.78, 5) is 4.68. The van der Waals surface area contributed by atoms with Crippen molar-refractivity contribution in [3.05, 3.63) is 18.2 Å². The van der Waals surface area contributed by atoms with Crippen molar-refractivity contribution >= 4 is 26.7 Å². The maximum atomic E-state index is 5.26. The molecule has 102 valence electrons. The lowest BCUT2D eigenvalue weighted by molar-refractivity contribution is 0.349. The third kappa shape index (κ3) is 2.68. The molecule has 0 spiro atoms. The summed E-state index contributed by atoms with van der Waals surface area (Å²) < 4.78 is 6.44. The predicted octanol–water partition coefficient (Wildman–Crippen LogP) is 4.44. The number of ether oxygens (including phenoxy) is 1. The number of fused-ring (bicyclic) bond motifs is 1. The average molecular weight is 276 g/mol. The Balaban J connectivity index is 1.84. The lowest BCUT2D eigenvalue weighted by atomic mass is 9.83. The van der Waals surface area contributed by atoms with Gasteiger partial charge in [0.1, 0.15) is 5.75 Å². The molecule has 0 unspecified atom stereocenters. The van der Waals surface area contributed by atoms with Gasteiger partial charge in [-0.3, -0.25) is 0 Å². The van der Waals surface area contributed by atoms with Crippen LogP contribution in [-0.4, -0.2) is 17.6 Å². The molecule has 3 rings (SSSR count). The van der Waals surface area contributed by atoms with E-state index in [1.54, 1.807) is 18.4 Å². The van der Waals surface area contributed by atoms with Crippen LogP contribution in [0.1, 0.15) is 39.0 Å². The van der Waals surface area contributed by atoms with E-state index < -0.39 is 0 Å². The van der Waals surface area contributed by atoms with Crippen molar-refractivity contribution in [2.75, 3.05) is 12.4 Å². The average Bonchev–Trinajstić information content (AvgIpc) is 2.79. The van der Waals surface area contributed by atoms with Gasteiger partial charge in [0.25, 0.3) is 0 Å². The van der Waals surface area contributed by atoms with Gasteiger partial charge >= 0.3 is 0 Å². The second-order valence-electron chi connectivity index (χ2n) is 5.60. The Morgan fingerprint density at radius 2 is 2.05 bits per heavy atom. The quantitative estimate of drug-likeness (QED) is 0.900. The first-order valence-corrected chi connectivity index (χ1v) is 7.73. The molecule has 0 radical (unpaired) electrons. The van der Waals surface area contributed by atoms with Crippen LogP contribution >= 0.6 is 11.3 Å². The van der Waals surface area contributed by atoms with E-state index in [-0.39, 0.29) is 5.54 Å². The summed E-state index contributed by atoms with van der Waals surface area (Å²) in [5.74, 6) is 0.895. The van der Waals surface area contributed by atoms with Gasteiger partial charge < -0.3 is 10.1 Å². The van der Waals surface area contributed by atoms with Crippen LogP contribution in [0.3, 0.4) is 0 Å². The van der Waals surface area contributed by atoms with Gasteiger partial charge in [-0.15, -0.1) is 0 Å². The van der Waals surface area contributed by atoms with Crippen molar-refractivity contribution in [1.82, 2.24) is 4.98 Å². The molecule has 1 aliphatic carbocycles. The van der Waals surface area contributed by atoms with Gasteiger partial charge in [0.2, 0.25) is 0 Å². The molecule has 0 aliphatic heterocycles. The minimum atomic E-state index is 0.218. The van der Waals surface area contributed by atoms with E-state index in [1.165, 1.54) is 36.8 Å². The van der Waals surface area contributed by atoms with Gasteiger partial charge in [-0.25, -0.2) is 4.98 Å². The number of thiazole rings is 1. The zero-order chi connectivity index (χ0) is 13.3. The maximum Gasteiger partial charge on any atom is 0.184 e.